The quantitative estimate of drug-likeness (QED) is 0.655. The number of amides is 1. The molecule has 0 aliphatic rings. The van der Waals surface area contributed by atoms with Crippen LogP contribution in [0.25, 0.3) is 0 Å². The molecule has 1 amide bonds. The van der Waals surface area contributed by atoms with E-state index in [1.165, 1.54) is 12.1 Å². The third-order valence-corrected chi connectivity index (χ3v) is 3.07. The summed E-state index contributed by atoms with van der Waals surface area (Å²) in [7, 11) is 0. The van der Waals surface area contributed by atoms with E-state index in [1.54, 1.807) is 12.1 Å². The van der Waals surface area contributed by atoms with E-state index < -0.39 is 12.1 Å². The molecule has 0 aliphatic carbocycles. The molecular formula is C19H17NO4. The van der Waals surface area contributed by atoms with Gasteiger partial charge in [-0.25, -0.2) is 9.59 Å². The largest absolute Gasteiger partial charge is 0.478 e. The molecule has 0 saturated carbocycles. The first kappa shape index (κ1) is 17.1. The topological polar surface area (TPSA) is 75.6 Å². The molecule has 5 nitrogen and oxygen atoms in total. The van der Waals surface area contributed by atoms with Gasteiger partial charge in [0.05, 0.1) is 5.56 Å². The zero-order valence-corrected chi connectivity index (χ0v) is 13.0. The summed E-state index contributed by atoms with van der Waals surface area (Å²) in [6.45, 7) is 0.583. The Labute approximate surface area is 140 Å². The monoisotopic (exact) mass is 323 g/mol. The second-order valence-corrected chi connectivity index (χ2v) is 4.93. The lowest BCUT2D eigenvalue weighted by molar-refractivity contribution is 0.0696. The second kappa shape index (κ2) is 9.01. The van der Waals surface area contributed by atoms with Crippen molar-refractivity contribution in [1.29, 1.82) is 0 Å². The van der Waals surface area contributed by atoms with Crippen LogP contribution in [0, 0.1) is 11.8 Å². The van der Waals surface area contributed by atoms with E-state index in [9.17, 15) is 9.59 Å². The molecule has 24 heavy (non-hydrogen) atoms. The number of ether oxygens (including phenoxy) is 1. The molecule has 0 unspecified atom stereocenters. The molecule has 2 aromatic rings. The maximum Gasteiger partial charge on any atom is 0.407 e. The van der Waals surface area contributed by atoms with Gasteiger partial charge >= 0.3 is 12.1 Å². The SMILES string of the molecule is O=C(NCCC#Cc1cccc(C(=O)O)c1)OCc1ccccc1. The molecule has 0 aliphatic heterocycles. The van der Waals surface area contributed by atoms with E-state index in [-0.39, 0.29) is 12.2 Å². The number of carbonyl (C=O) groups excluding carboxylic acids is 1. The van der Waals surface area contributed by atoms with Gasteiger partial charge in [-0.2, -0.15) is 0 Å². The summed E-state index contributed by atoms with van der Waals surface area (Å²) in [6.07, 6.45) is -0.0499. The summed E-state index contributed by atoms with van der Waals surface area (Å²) in [6, 6.07) is 15.8. The molecule has 2 N–H and O–H groups in total. The number of hydrogen-bond acceptors (Lipinski definition) is 3. The number of carboxylic acids is 1. The first-order valence-corrected chi connectivity index (χ1v) is 7.42. The van der Waals surface area contributed by atoms with Gasteiger partial charge in [0.25, 0.3) is 0 Å². The number of carboxylic acid groups (broad SMARTS) is 1. The highest BCUT2D eigenvalue weighted by Gasteiger charge is 2.02. The number of rotatable bonds is 5. The molecule has 122 valence electrons. The molecule has 0 bridgehead atoms. The highest BCUT2D eigenvalue weighted by Crippen LogP contribution is 2.04. The van der Waals surface area contributed by atoms with Gasteiger partial charge in [0.1, 0.15) is 6.61 Å². The molecule has 0 heterocycles. The van der Waals surface area contributed by atoms with E-state index in [0.717, 1.165) is 5.56 Å². The molecule has 0 saturated heterocycles. The Bertz CT molecular complexity index is 760. The number of benzene rings is 2. The van der Waals surface area contributed by atoms with Crippen molar-refractivity contribution >= 4 is 12.1 Å². The summed E-state index contributed by atoms with van der Waals surface area (Å²) in [5.41, 5.74) is 1.75. The lowest BCUT2D eigenvalue weighted by atomic mass is 10.1. The van der Waals surface area contributed by atoms with Crippen LogP contribution in [0.4, 0.5) is 4.79 Å². The molecule has 2 aromatic carbocycles. The summed E-state index contributed by atoms with van der Waals surface area (Å²) in [5, 5.41) is 11.5. The highest BCUT2D eigenvalue weighted by atomic mass is 16.5. The predicted octanol–water partition coefficient (Wildman–Crippen LogP) is 3.05. The summed E-state index contributed by atoms with van der Waals surface area (Å²) >= 11 is 0. The minimum Gasteiger partial charge on any atom is -0.478 e. The van der Waals surface area contributed by atoms with E-state index in [4.69, 9.17) is 9.84 Å². The molecule has 0 fully saturated rings. The molecule has 0 aromatic heterocycles. The van der Waals surface area contributed by atoms with Crippen molar-refractivity contribution < 1.29 is 19.4 Å². The van der Waals surface area contributed by atoms with Crippen LogP contribution in [0.15, 0.2) is 54.6 Å². The van der Waals surface area contributed by atoms with Crippen molar-refractivity contribution in [1.82, 2.24) is 5.32 Å². The van der Waals surface area contributed by atoms with Gasteiger partial charge in [0.15, 0.2) is 0 Å². The fourth-order valence-corrected chi connectivity index (χ4v) is 1.90. The van der Waals surface area contributed by atoms with Crippen LogP contribution >= 0.6 is 0 Å². The summed E-state index contributed by atoms with van der Waals surface area (Å²) < 4.78 is 5.07. The van der Waals surface area contributed by atoms with Gasteiger partial charge in [-0.05, 0) is 23.8 Å². The third-order valence-electron chi connectivity index (χ3n) is 3.07. The average Bonchev–Trinajstić information content (AvgIpc) is 2.61. The Morgan fingerprint density at radius 3 is 2.62 bits per heavy atom. The smallest absolute Gasteiger partial charge is 0.407 e. The van der Waals surface area contributed by atoms with E-state index >= 15 is 0 Å². The predicted molar refractivity (Wildman–Crippen MR) is 89.5 cm³/mol. The van der Waals surface area contributed by atoms with Crippen molar-refractivity contribution in [3.63, 3.8) is 0 Å². The van der Waals surface area contributed by atoms with E-state index in [1.807, 2.05) is 30.3 Å². The van der Waals surface area contributed by atoms with Crippen LogP contribution in [0.5, 0.6) is 0 Å². The van der Waals surface area contributed by atoms with Crippen LogP contribution in [0.3, 0.4) is 0 Å². The van der Waals surface area contributed by atoms with Crippen LogP contribution in [0.2, 0.25) is 0 Å². The molecule has 0 radical (unpaired) electrons. The lowest BCUT2D eigenvalue weighted by Crippen LogP contribution is -2.24. The molecule has 0 spiro atoms. The Hall–Kier alpha value is -3.26. The van der Waals surface area contributed by atoms with Crippen LogP contribution in [-0.4, -0.2) is 23.7 Å². The van der Waals surface area contributed by atoms with Crippen LogP contribution in [-0.2, 0) is 11.3 Å². The molecule has 5 heteroatoms. The number of carbonyl (C=O) groups is 2. The maximum absolute atomic E-state index is 11.5. The minimum atomic E-state index is -0.985. The fraction of sp³-hybridized carbons (Fsp3) is 0.158. The van der Waals surface area contributed by atoms with Crippen molar-refractivity contribution in [3.05, 3.63) is 71.3 Å². The molecule has 0 atom stereocenters. The standard InChI is InChI=1S/C19H17NO4/c21-18(22)17-11-6-10-15(13-17)7-4-5-12-20-19(23)24-14-16-8-2-1-3-9-16/h1-3,6,8-11,13H,5,12,14H2,(H,20,23)(H,21,22). The highest BCUT2D eigenvalue weighted by molar-refractivity contribution is 5.88. The summed E-state index contributed by atoms with van der Waals surface area (Å²) in [5.74, 6) is 4.77. The van der Waals surface area contributed by atoms with Crippen molar-refractivity contribution in [2.45, 2.75) is 13.0 Å². The zero-order chi connectivity index (χ0) is 17.2. The van der Waals surface area contributed by atoms with Gasteiger partial charge in [-0.3, -0.25) is 0 Å². The van der Waals surface area contributed by atoms with Gasteiger partial charge in [-0.1, -0.05) is 48.2 Å². The van der Waals surface area contributed by atoms with Crippen LogP contribution in [0.1, 0.15) is 27.9 Å². The number of alkyl carbamates (subject to hydrolysis) is 1. The Kier molecular flexibility index (Phi) is 6.42. The Balaban J connectivity index is 1.70. The van der Waals surface area contributed by atoms with Gasteiger partial charge in [0.2, 0.25) is 0 Å². The first-order chi connectivity index (χ1) is 11.6. The Morgan fingerprint density at radius 2 is 1.88 bits per heavy atom. The first-order valence-electron chi connectivity index (χ1n) is 7.42. The molecule has 2 rings (SSSR count). The molecular weight excluding hydrogens is 306 g/mol. The summed E-state index contributed by atoms with van der Waals surface area (Å²) in [4.78, 5) is 22.4. The van der Waals surface area contributed by atoms with E-state index in [0.29, 0.717) is 18.5 Å². The average molecular weight is 323 g/mol. The minimum absolute atomic E-state index is 0.199. The number of hydrogen-bond donors (Lipinski definition) is 2. The lowest BCUT2D eigenvalue weighted by Gasteiger charge is -2.05. The van der Waals surface area contributed by atoms with Crippen molar-refractivity contribution in [2.24, 2.45) is 0 Å². The number of nitrogens with one attached hydrogen (secondary N) is 1. The van der Waals surface area contributed by atoms with Gasteiger partial charge in [0, 0.05) is 18.5 Å². The zero-order valence-electron chi connectivity index (χ0n) is 13.0. The van der Waals surface area contributed by atoms with Crippen molar-refractivity contribution in [3.8, 4) is 11.8 Å². The van der Waals surface area contributed by atoms with Crippen LogP contribution < -0.4 is 5.32 Å². The second-order valence-electron chi connectivity index (χ2n) is 4.93. The Morgan fingerprint density at radius 1 is 1.08 bits per heavy atom. The maximum atomic E-state index is 11.5. The van der Waals surface area contributed by atoms with Crippen molar-refractivity contribution in [2.75, 3.05) is 6.54 Å². The third kappa shape index (κ3) is 5.85. The number of aromatic carboxylic acids is 1. The van der Waals surface area contributed by atoms with Gasteiger partial charge < -0.3 is 15.2 Å². The normalized spacial score (nSPS) is 9.50. The van der Waals surface area contributed by atoms with Gasteiger partial charge in [-0.15, -0.1) is 0 Å². The fourth-order valence-electron chi connectivity index (χ4n) is 1.90. The van der Waals surface area contributed by atoms with E-state index in [2.05, 4.69) is 17.2 Å².